The maximum atomic E-state index is 12.3. The number of carbonyl (C=O) groups is 1. The number of hydrogen-bond acceptors (Lipinski definition) is 3. The third kappa shape index (κ3) is 1.88. The third-order valence-corrected chi connectivity index (χ3v) is 3.80. The molecule has 1 aromatic carbocycles. The van der Waals surface area contributed by atoms with Crippen molar-refractivity contribution in [2.75, 3.05) is 5.32 Å². The van der Waals surface area contributed by atoms with Crippen molar-refractivity contribution in [2.45, 2.75) is 18.8 Å². The number of fused-ring (bicyclic) bond motifs is 1. The Bertz CT molecular complexity index is 644. The highest BCUT2D eigenvalue weighted by molar-refractivity contribution is 6.33. The van der Waals surface area contributed by atoms with Gasteiger partial charge >= 0.3 is 0 Å². The average Bonchev–Trinajstić information content (AvgIpc) is 2.64. The molecule has 1 amide bonds. The van der Waals surface area contributed by atoms with Crippen LogP contribution in [0.25, 0.3) is 0 Å². The zero-order valence-corrected chi connectivity index (χ0v) is 11.1. The van der Waals surface area contributed by atoms with E-state index in [1.165, 1.54) is 6.33 Å². The van der Waals surface area contributed by atoms with Crippen LogP contribution in [0.5, 0.6) is 0 Å². The Hall–Kier alpha value is -1.94. The molecule has 3 rings (SSSR count). The van der Waals surface area contributed by atoms with E-state index in [1.54, 1.807) is 18.5 Å². The summed E-state index contributed by atoms with van der Waals surface area (Å²) in [6.45, 7) is 1.90. The standard InChI is InChI=1S/C14H12ClN3O/c1-14(5-9-6-16-8-17-7-9)12-10(15)3-2-4-11(12)18-13(14)19/h2-4,6-8H,5H2,1H3,(H,18,19). The number of aromatic nitrogens is 2. The van der Waals surface area contributed by atoms with Crippen LogP contribution >= 0.6 is 11.6 Å². The number of carbonyl (C=O) groups excluding carboxylic acids is 1. The molecule has 2 heterocycles. The van der Waals surface area contributed by atoms with E-state index in [1.807, 2.05) is 19.1 Å². The Labute approximate surface area is 115 Å². The lowest BCUT2D eigenvalue weighted by Gasteiger charge is -2.22. The molecule has 0 saturated heterocycles. The van der Waals surface area contributed by atoms with Gasteiger partial charge in [0.05, 0.1) is 5.41 Å². The number of hydrogen-bond donors (Lipinski definition) is 1. The summed E-state index contributed by atoms with van der Waals surface area (Å²) in [5, 5.41) is 3.49. The minimum Gasteiger partial charge on any atom is -0.325 e. The Morgan fingerprint density at radius 1 is 1.32 bits per heavy atom. The van der Waals surface area contributed by atoms with Crippen molar-refractivity contribution in [2.24, 2.45) is 0 Å². The lowest BCUT2D eigenvalue weighted by molar-refractivity contribution is -0.120. The summed E-state index contributed by atoms with van der Waals surface area (Å²) in [6.07, 6.45) is 5.44. The predicted molar refractivity (Wildman–Crippen MR) is 73.2 cm³/mol. The Morgan fingerprint density at radius 2 is 2.05 bits per heavy atom. The highest BCUT2D eigenvalue weighted by Gasteiger charge is 2.44. The van der Waals surface area contributed by atoms with Crippen LogP contribution in [0.2, 0.25) is 5.02 Å². The van der Waals surface area contributed by atoms with Crippen molar-refractivity contribution in [3.05, 3.63) is 53.1 Å². The summed E-state index contributed by atoms with van der Waals surface area (Å²) in [4.78, 5) is 20.3. The first kappa shape index (κ1) is 12.1. The van der Waals surface area contributed by atoms with Crippen molar-refractivity contribution in [3.8, 4) is 0 Å². The molecule has 0 aliphatic carbocycles. The van der Waals surface area contributed by atoms with Crippen LogP contribution in [0, 0.1) is 0 Å². The van der Waals surface area contributed by atoms with Gasteiger partial charge in [-0.3, -0.25) is 4.79 Å². The minimum absolute atomic E-state index is 0.0422. The average molecular weight is 274 g/mol. The highest BCUT2D eigenvalue weighted by atomic mass is 35.5. The number of benzene rings is 1. The first-order valence-corrected chi connectivity index (χ1v) is 6.33. The highest BCUT2D eigenvalue weighted by Crippen LogP contribution is 2.43. The molecule has 1 aliphatic heterocycles. The van der Waals surface area contributed by atoms with E-state index in [0.29, 0.717) is 11.4 Å². The maximum absolute atomic E-state index is 12.3. The van der Waals surface area contributed by atoms with Gasteiger partial charge in [-0.2, -0.15) is 0 Å². The van der Waals surface area contributed by atoms with Gasteiger partial charge < -0.3 is 5.32 Å². The fraction of sp³-hybridized carbons (Fsp3) is 0.214. The van der Waals surface area contributed by atoms with Crippen molar-refractivity contribution >= 4 is 23.2 Å². The predicted octanol–water partition coefficient (Wildman–Crippen LogP) is 2.58. The largest absolute Gasteiger partial charge is 0.325 e. The molecular weight excluding hydrogens is 262 g/mol. The number of nitrogens with zero attached hydrogens (tertiary/aromatic N) is 2. The molecule has 0 bridgehead atoms. The van der Waals surface area contributed by atoms with Crippen LogP contribution in [-0.4, -0.2) is 15.9 Å². The van der Waals surface area contributed by atoms with E-state index in [4.69, 9.17) is 11.6 Å². The lowest BCUT2D eigenvalue weighted by Crippen LogP contribution is -2.33. The second-order valence-corrected chi connectivity index (χ2v) is 5.28. The smallest absolute Gasteiger partial charge is 0.235 e. The lowest BCUT2D eigenvalue weighted by atomic mass is 9.79. The molecule has 1 atom stereocenters. The molecule has 0 saturated carbocycles. The van der Waals surface area contributed by atoms with Gasteiger partial charge in [0.15, 0.2) is 0 Å². The van der Waals surface area contributed by atoms with E-state index in [0.717, 1.165) is 16.8 Å². The summed E-state index contributed by atoms with van der Waals surface area (Å²) >= 11 is 6.26. The van der Waals surface area contributed by atoms with Crippen LogP contribution < -0.4 is 5.32 Å². The summed E-state index contributed by atoms with van der Waals surface area (Å²) in [6, 6.07) is 5.51. The van der Waals surface area contributed by atoms with Crippen molar-refractivity contribution in [1.29, 1.82) is 0 Å². The molecule has 0 fully saturated rings. The molecule has 0 radical (unpaired) electrons. The monoisotopic (exact) mass is 273 g/mol. The van der Waals surface area contributed by atoms with E-state index < -0.39 is 5.41 Å². The first-order valence-electron chi connectivity index (χ1n) is 5.95. The molecule has 1 aromatic heterocycles. The summed E-state index contributed by atoms with van der Waals surface area (Å²) in [5.41, 5.74) is 1.87. The number of halogens is 1. The molecule has 5 heteroatoms. The molecular formula is C14H12ClN3O. The summed E-state index contributed by atoms with van der Waals surface area (Å²) in [7, 11) is 0. The second-order valence-electron chi connectivity index (χ2n) is 4.87. The molecule has 4 nitrogen and oxygen atoms in total. The first-order chi connectivity index (χ1) is 9.11. The molecule has 1 unspecified atom stereocenters. The van der Waals surface area contributed by atoms with Crippen molar-refractivity contribution in [3.63, 3.8) is 0 Å². The molecule has 96 valence electrons. The molecule has 1 N–H and O–H groups in total. The Kier molecular flexibility index (Phi) is 2.75. The van der Waals surface area contributed by atoms with Crippen molar-refractivity contribution in [1.82, 2.24) is 9.97 Å². The zero-order chi connectivity index (χ0) is 13.5. The Balaban J connectivity index is 2.08. The maximum Gasteiger partial charge on any atom is 0.235 e. The Morgan fingerprint density at radius 3 is 2.79 bits per heavy atom. The normalized spacial score (nSPS) is 21.1. The number of nitrogens with one attached hydrogen (secondary N) is 1. The van der Waals surface area contributed by atoms with E-state index in [-0.39, 0.29) is 5.91 Å². The number of anilines is 1. The third-order valence-electron chi connectivity index (χ3n) is 3.49. The zero-order valence-electron chi connectivity index (χ0n) is 10.4. The SMILES string of the molecule is CC1(Cc2cncnc2)C(=O)Nc2cccc(Cl)c21. The van der Waals surface area contributed by atoms with Crippen LogP contribution in [0.15, 0.2) is 36.9 Å². The van der Waals surface area contributed by atoms with Gasteiger partial charge in [0.2, 0.25) is 5.91 Å². The van der Waals surface area contributed by atoms with Gasteiger partial charge in [-0.15, -0.1) is 0 Å². The van der Waals surface area contributed by atoms with E-state index in [9.17, 15) is 4.79 Å². The van der Waals surface area contributed by atoms with Crippen molar-refractivity contribution < 1.29 is 4.79 Å². The van der Waals surface area contributed by atoms with Gasteiger partial charge in [-0.25, -0.2) is 9.97 Å². The van der Waals surface area contributed by atoms with Gasteiger partial charge in [-0.05, 0) is 31.0 Å². The van der Waals surface area contributed by atoms with E-state index >= 15 is 0 Å². The number of amides is 1. The second kappa shape index (κ2) is 4.31. The summed E-state index contributed by atoms with van der Waals surface area (Å²) in [5.74, 6) is -0.0422. The van der Waals surface area contributed by atoms with Gasteiger partial charge in [0.1, 0.15) is 6.33 Å². The molecule has 0 spiro atoms. The molecule has 1 aliphatic rings. The molecule has 2 aromatic rings. The fourth-order valence-electron chi connectivity index (χ4n) is 2.56. The minimum atomic E-state index is -0.682. The van der Waals surface area contributed by atoms with Gasteiger partial charge in [0, 0.05) is 28.7 Å². The van der Waals surface area contributed by atoms with Crippen LogP contribution in [0.4, 0.5) is 5.69 Å². The van der Waals surface area contributed by atoms with Gasteiger partial charge in [-0.1, -0.05) is 17.7 Å². The quantitative estimate of drug-likeness (QED) is 0.915. The molecule has 19 heavy (non-hydrogen) atoms. The number of rotatable bonds is 2. The fourth-order valence-corrected chi connectivity index (χ4v) is 2.94. The van der Waals surface area contributed by atoms with Gasteiger partial charge in [0.25, 0.3) is 0 Å². The van der Waals surface area contributed by atoms with Crippen LogP contribution in [0.1, 0.15) is 18.1 Å². The van der Waals surface area contributed by atoms with E-state index in [2.05, 4.69) is 15.3 Å². The van der Waals surface area contributed by atoms with Crippen LogP contribution in [-0.2, 0) is 16.6 Å². The topological polar surface area (TPSA) is 54.9 Å². The summed E-state index contributed by atoms with van der Waals surface area (Å²) < 4.78 is 0. The van der Waals surface area contributed by atoms with Crippen LogP contribution in [0.3, 0.4) is 0 Å².